The van der Waals surface area contributed by atoms with Crippen LogP contribution in [0.1, 0.15) is 20.3 Å². The molecule has 0 saturated heterocycles. The van der Waals surface area contributed by atoms with Gasteiger partial charge in [-0.3, -0.25) is 9.59 Å². The fourth-order valence-corrected chi connectivity index (χ4v) is 0.893. The van der Waals surface area contributed by atoms with Gasteiger partial charge in [0.2, 0.25) is 5.91 Å². The van der Waals surface area contributed by atoms with E-state index in [1.807, 2.05) is 0 Å². The Balaban J connectivity index is 4.34. The SMILES string of the molecule is C#CCC(=O)N(CC(=O)O)C(C)C. The summed E-state index contributed by atoms with van der Waals surface area (Å²) in [6.07, 6.45) is 4.90. The molecule has 72 valence electrons. The van der Waals surface area contributed by atoms with E-state index in [4.69, 9.17) is 11.5 Å². The Bertz CT molecular complexity index is 240. The Hall–Kier alpha value is -1.50. The Labute approximate surface area is 77.5 Å². The van der Waals surface area contributed by atoms with Crippen molar-refractivity contribution in [2.45, 2.75) is 26.3 Å². The van der Waals surface area contributed by atoms with Crippen LogP contribution in [0.15, 0.2) is 0 Å². The zero-order valence-electron chi connectivity index (χ0n) is 7.78. The first kappa shape index (κ1) is 11.5. The maximum Gasteiger partial charge on any atom is 0.323 e. The van der Waals surface area contributed by atoms with Gasteiger partial charge in [0.25, 0.3) is 0 Å². The zero-order valence-corrected chi connectivity index (χ0v) is 7.78. The minimum atomic E-state index is -1.03. The van der Waals surface area contributed by atoms with Crippen molar-refractivity contribution in [1.82, 2.24) is 4.90 Å². The highest BCUT2D eigenvalue weighted by Gasteiger charge is 2.18. The first-order valence-electron chi connectivity index (χ1n) is 3.93. The quantitative estimate of drug-likeness (QED) is 0.639. The van der Waals surface area contributed by atoms with Gasteiger partial charge in [-0.1, -0.05) is 5.92 Å². The summed E-state index contributed by atoms with van der Waals surface area (Å²) in [4.78, 5) is 22.9. The zero-order chi connectivity index (χ0) is 10.4. The van der Waals surface area contributed by atoms with Crippen molar-refractivity contribution in [2.24, 2.45) is 0 Å². The molecule has 4 nitrogen and oxygen atoms in total. The summed E-state index contributed by atoms with van der Waals surface area (Å²) < 4.78 is 0. The number of rotatable bonds is 4. The third kappa shape index (κ3) is 4.16. The van der Waals surface area contributed by atoms with Crippen LogP contribution >= 0.6 is 0 Å². The monoisotopic (exact) mass is 183 g/mol. The molecule has 0 heterocycles. The first-order valence-corrected chi connectivity index (χ1v) is 3.93. The fourth-order valence-electron chi connectivity index (χ4n) is 0.893. The fraction of sp³-hybridized carbons (Fsp3) is 0.556. The van der Waals surface area contributed by atoms with E-state index in [2.05, 4.69) is 5.92 Å². The Morgan fingerprint density at radius 1 is 1.54 bits per heavy atom. The van der Waals surface area contributed by atoms with Crippen LogP contribution in [0.5, 0.6) is 0 Å². The molecule has 0 saturated carbocycles. The van der Waals surface area contributed by atoms with Crippen LogP contribution in [0, 0.1) is 12.3 Å². The molecule has 13 heavy (non-hydrogen) atoms. The lowest BCUT2D eigenvalue weighted by Gasteiger charge is -2.23. The van der Waals surface area contributed by atoms with Gasteiger partial charge in [-0.15, -0.1) is 6.42 Å². The van der Waals surface area contributed by atoms with E-state index in [0.29, 0.717) is 0 Å². The average Bonchev–Trinajstić information content (AvgIpc) is 1.99. The van der Waals surface area contributed by atoms with Crippen molar-refractivity contribution in [2.75, 3.05) is 6.54 Å². The number of aliphatic carboxylic acids is 1. The highest BCUT2D eigenvalue weighted by molar-refractivity contribution is 5.83. The molecule has 0 aromatic heterocycles. The number of carboxylic acid groups (broad SMARTS) is 1. The van der Waals surface area contributed by atoms with Gasteiger partial charge in [-0.05, 0) is 13.8 Å². The molecule has 0 spiro atoms. The molecule has 1 N–H and O–H groups in total. The largest absolute Gasteiger partial charge is 0.480 e. The van der Waals surface area contributed by atoms with E-state index in [1.54, 1.807) is 13.8 Å². The summed E-state index contributed by atoms with van der Waals surface area (Å²) in [6.45, 7) is 3.20. The normalized spacial score (nSPS) is 9.38. The topological polar surface area (TPSA) is 57.6 Å². The van der Waals surface area contributed by atoms with E-state index in [0.717, 1.165) is 0 Å². The number of hydrogen-bond acceptors (Lipinski definition) is 2. The summed E-state index contributed by atoms with van der Waals surface area (Å²) >= 11 is 0. The molecule has 0 aliphatic carbocycles. The summed E-state index contributed by atoms with van der Waals surface area (Å²) in [7, 11) is 0. The van der Waals surface area contributed by atoms with E-state index in [9.17, 15) is 9.59 Å². The maximum atomic E-state index is 11.2. The van der Waals surface area contributed by atoms with Crippen molar-refractivity contribution in [3.8, 4) is 12.3 Å². The average molecular weight is 183 g/mol. The number of carbonyl (C=O) groups is 2. The number of hydrogen-bond donors (Lipinski definition) is 1. The summed E-state index contributed by atoms with van der Waals surface area (Å²) in [5, 5.41) is 8.50. The molecular formula is C9H13NO3. The molecule has 0 aromatic rings. The molecule has 0 radical (unpaired) electrons. The lowest BCUT2D eigenvalue weighted by atomic mass is 10.2. The number of carbonyl (C=O) groups excluding carboxylic acids is 1. The minimum Gasteiger partial charge on any atom is -0.480 e. The van der Waals surface area contributed by atoms with Gasteiger partial charge in [0.05, 0.1) is 6.42 Å². The van der Waals surface area contributed by atoms with Crippen LogP contribution in [-0.2, 0) is 9.59 Å². The van der Waals surface area contributed by atoms with Crippen LogP contribution in [0.4, 0.5) is 0 Å². The molecule has 0 aliphatic rings. The van der Waals surface area contributed by atoms with Gasteiger partial charge in [0.15, 0.2) is 0 Å². The second-order valence-corrected chi connectivity index (χ2v) is 2.89. The van der Waals surface area contributed by atoms with Gasteiger partial charge >= 0.3 is 5.97 Å². The smallest absolute Gasteiger partial charge is 0.323 e. The summed E-state index contributed by atoms with van der Waals surface area (Å²) in [6, 6.07) is -0.142. The van der Waals surface area contributed by atoms with E-state index in [-0.39, 0.29) is 24.9 Å². The van der Waals surface area contributed by atoms with Crippen molar-refractivity contribution >= 4 is 11.9 Å². The summed E-state index contributed by atoms with van der Waals surface area (Å²) in [5.74, 6) is 0.844. The molecule has 0 fully saturated rings. The van der Waals surface area contributed by atoms with Crippen molar-refractivity contribution in [1.29, 1.82) is 0 Å². The van der Waals surface area contributed by atoms with Gasteiger partial charge in [0, 0.05) is 6.04 Å². The number of terminal acetylenes is 1. The van der Waals surface area contributed by atoms with Gasteiger partial charge in [-0.25, -0.2) is 0 Å². The molecule has 4 heteroatoms. The van der Waals surface area contributed by atoms with Gasteiger partial charge in [-0.2, -0.15) is 0 Å². The lowest BCUT2D eigenvalue weighted by Crippen LogP contribution is -2.40. The Morgan fingerprint density at radius 3 is 2.38 bits per heavy atom. The van der Waals surface area contributed by atoms with E-state index >= 15 is 0 Å². The van der Waals surface area contributed by atoms with E-state index < -0.39 is 5.97 Å². The lowest BCUT2D eigenvalue weighted by molar-refractivity contribution is -0.145. The van der Waals surface area contributed by atoms with Crippen molar-refractivity contribution in [3.63, 3.8) is 0 Å². The second kappa shape index (κ2) is 5.20. The minimum absolute atomic E-state index is 0.0501. The van der Waals surface area contributed by atoms with Crippen LogP contribution < -0.4 is 0 Å². The van der Waals surface area contributed by atoms with Crippen molar-refractivity contribution in [3.05, 3.63) is 0 Å². The molecule has 0 aliphatic heterocycles. The Morgan fingerprint density at radius 2 is 2.08 bits per heavy atom. The third-order valence-electron chi connectivity index (χ3n) is 1.50. The van der Waals surface area contributed by atoms with Crippen molar-refractivity contribution < 1.29 is 14.7 Å². The predicted octanol–water partition coefficient (Wildman–Crippen LogP) is 0.331. The highest BCUT2D eigenvalue weighted by atomic mass is 16.4. The van der Waals surface area contributed by atoms with Crippen LogP contribution in [0.25, 0.3) is 0 Å². The molecular weight excluding hydrogens is 170 g/mol. The summed E-state index contributed by atoms with van der Waals surface area (Å²) in [5.41, 5.74) is 0. The molecule has 0 unspecified atom stereocenters. The third-order valence-corrected chi connectivity index (χ3v) is 1.50. The molecule has 0 rings (SSSR count). The van der Waals surface area contributed by atoms with Crippen LogP contribution in [0.2, 0.25) is 0 Å². The highest BCUT2D eigenvalue weighted by Crippen LogP contribution is 2.00. The first-order chi connectivity index (χ1) is 5.99. The number of carboxylic acids is 1. The van der Waals surface area contributed by atoms with Crippen LogP contribution in [0.3, 0.4) is 0 Å². The Kier molecular flexibility index (Phi) is 4.60. The maximum absolute atomic E-state index is 11.2. The number of nitrogens with zero attached hydrogens (tertiary/aromatic N) is 1. The molecule has 1 amide bonds. The molecule has 0 aromatic carbocycles. The molecule has 0 atom stereocenters. The predicted molar refractivity (Wildman–Crippen MR) is 47.9 cm³/mol. The van der Waals surface area contributed by atoms with Crippen LogP contribution in [-0.4, -0.2) is 34.5 Å². The standard InChI is InChI=1S/C9H13NO3/c1-4-5-8(11)10(7(2)3)6-9(12)13/h1,7H,5-6H2,2-3H3,(H,12,13). The number of amides is 1. The molecule has 0 bridgehead atoms. The van der Waals surface area contributed by atoms with E-state index in [1.165, 1.54) is 4.90 Å². The van der Waals surface area contributed by atoms with Gasteiger partial charge in [0.1, 0.15) is 6.54 Å². The second-order valence-electron chi connectivity index (χ2n) is 2.89. The van der Waals surface area contributed by atoms with Gasteiger partial charge < -0.3 is 10.0 Å².